The zero-order chi connectivity index (χ0) is 17.2. The van der Waals surface area contributed by atoms with E-state index in [9.17, 15) is 0 Å². The fourth-order valence-corrected chi connectivity index (χ4v) is 4.24. The van der Waals surface area contributed by atoms with Gasteiger partial charge in [0.25, 0.3) is 0 Å². The van der Waals surface area contributed by atoms with Crippen molar-refractivity contribution >= 4 is 0 Å². The summed E-state index contributed by atoms with van der Waals surface area (Å²) in [7, 11) is 2.37. The molecule has 2 aromatic carbocycles. The molecule has 4 rings (SSSR count). The molecule has 2 unspecified atom stereocenters. The summed E-state index contributed by atoms with van der Waals surface area (Å²) in [6.45, 7) is 4.03. The number of nitrogens with zero attached hydrogens (tertiary/aromatic N) is 1. The molecule has 3 atom stereocenters. The lowest BCUT2D eigenvalue weighted by molar-refractivity contribution is -0.922. The molecule has 2 aromatic rings. The number of quaternary nitrogens is 1. The minimum atomic E-state index is -0.382. The molecule has 3 heteroatoms. The second-order valence-electron chi connectivity index (χ2n) is 7.80. The van der Waals surface area contributed by atoms with Crippen molar-refractivity contribution in [2.75, 3.05) is 26.7 Å². The fraction of sp³-hybridized carbons (Fsp3) is 0.455. The second kappa shape index (κ2) is 6.91. The van der Waals surface area contributed by atoms with Gasteiger partial charge in [-0.15, -0.1) is 0 Å². The second-order valence-corrected chi connectivity index (χ2v) is 7.80. The molecule has 0 aliphatic carbocycles. The van der Waals surface area contributed by atoms with Crippen LogP contribution in [0.25, 0.3) is 0 Å². The summed E-state index contributed by atoms with van der Waals surface area (Å²) in [5, 5.41) is 0. The van der Waals surface area contributed by atoms with Gasteiger partial charge in [-0.2, -0.15) is 0 Å². The molecule has 0 aromatic heterocycles. The highest BCUT2D eigenvalue weighted by Gasteiger charge is 2.45. The highest BCUT2D eigenvalue weighted by molar-refractivity contribution is 5.18. The van der Waals surface area contributed by atoms with Gasteiger partial charge in [0.05, 0.1) is 33.2 Å². The smallest absolute Gasteiger partial charge is 0.174 e. The SMILES string of the molecule is C[N+]1(Cc2ccccc2)CCCC2(CC1)OC[C@@H](c1ccccc1)O2. The normalized spacial score (nSPS) is 32.6. The molecule has 132 valence electrons. The van der Waals surface area contributed by atoms with Crippen LogP contribution in [-0.2, 0) is 16.0 Å². The Morgan fingerprint density at radius 3 is 2.44 bits per heavy atom. The minimum Gasteiger partial charge on any atom is -0.347 e. The maximum absolute atomic E-state index is 6.47. The largest absolute Gasteiger partial charge is 0.347 e. The average Bonchev–Trinajstić information content (AvgIpc) is 2.99. The van der Waals surface area contributed by atoms with E-state index in [0.29, 0.717) is 6.61 Å². The highest BCUT2D eigenvalue weighted by Crippen LogP contribution is 2.41. The number of hydrogen-bond donors (Lipinski definition) is 0. The van der Waals surface area contributed by atoms with Crippen molar-refractivity contribution in [2.45, 2.75) is 37.7 Å². The van der Waals surface area contributed by atoms with Crippen LogP contribution >= 0.6 is 0 Å². The number of likely N-dealkylation sites (tertiary alicyclic amines) is 1. The van der Waals surface area contributed by atoms with Crippen molar-refractivity contribution in [1.29, 1.82) is 0 Å². The summed E-state index contributed by atoms with van der Waals surface area (Å²) in [5.74, 6) is -0.382. The Morgan fingerprint density at radius 1 is 0.960 bits per heavy atom. The van der Waals surface area contributed by atoms with E-state index in [1.165, 1.54) is 17.7 Å². The monoisotopic (exact) mass is 338 g/mol. The molecule has 2 fully saturated rings. The van der Waals surface area contributed by atoms with Crippen LogP contribution in [0.2, 0.25) is 0 Å². The van der Waals surface area contributed by atoms with Gasteiger partial charge >= 0.3 is 0 Å². The van der Waals surface area contributed by atoms with Crippen LogP contribution < -0.4 is 0 Å². The Kier molecular flexibility index (Phi) is 4.63. The van der Waals surface area contributed by atoms with Gasteiger partial charge in [-0.05, 0) is 5.56 Å². The Morgan fingerprint density at radius 2 is 1.68 bits per heavy atom. The van der Waals surface area contributed by atoms with Crippen LogP contribution in [0.5, 0.6) is 0 Å². The summed E-state index contributed by atoms with van der Waals surface area (Å²) in [6.07, 6.45) is 3.19. The van der Waals surface area contributed by atoms with Crippen molar-refractivity contribution < 1.29 is 14.0 Å². The van der Waals surface area contributed by atoms with Gasteiger partial charge < -0.3 is 14.0 Å². The van der Waals surface area contributed by atoms with Crippen LogP contribution in [0.15, 0.2) is 60.7 Å². The third-order valence-corrected chi connectivity index (χ3v) is 5.72. The highest BCUT2D eigenvalue weighted by atomic mass is 16.7. The van der Waals surface area contributed by atoms with E-state index in [1.807, 2.05) is 6.07 Å². The van der Waals surface area contributed by atoms with Crippen LogP contribution in [-0.4, -0.2) is 37.0 Å². The lowest BCUT2D eigenvalue weighted by Gasteiger charge is -2.34. The van der Waals surface area contributed by atoms with Gasteiger partial charge in [-0.3, -0.25) is 0 Å². The lowest BCUT2D eigenvalue weighted by Crippen LogP contribution is -2.45. The van der Waals surface area contributed by atoms with E-state index in [2.05, 4.69) is 61.6 Å². The van der Waals surface area contributed by atoms with Crippen LogP contribution in [0, 0.1) is 0 Å². The third-order valence-electron chi connectivity index (χ3n) is 5.72. The van der Waals surface area contributed by atoms with Crippen molar-refractivity contribution in [2.24, 2.45) is 0 Å². The molecule has 0 saturated carbocycles. The molecule has 0 bridgehead atoms. The average molecular weight is 338 g/mol. The Labute approximate surface area is 150 Å². The van der Waals surface area contributed by atoms with E-state index >= 15 is 0 Å². The van der Waals surface area contributed by atoms with E-state index in [-0.39, 0.29) is 11.9 Å². The molecular weight excluding hydrogens is 310 g/mol. The summed E-state index contributed by atoms with van der Waals surface area (Å²) < 4.78 is 13.8. The van der Waals surface area contributed by atoms with E-state index in [0.717, 1.165) is 36.8 Å². The fourth-order valence-electron chi connectivity index (χ4n) is 4.24. The van der Waals surface area contributed by atoms with E-state index in [4.69, 9.17) is 9.47 Å². The van der Waals surface area contributed by atoms with E-state index < -0.39 is 0 Å². The molecular formula is C22H28NO2+. The van der Waals surface area contributed by atoms with Crippen LogP contribution in [0.1, 0.15) is 36.5 Å². The van der Waals surface area contributed by atoms with Crippen molar-refractivity contribution in [3.63, 3.8) is 0 Å². The number of hydrogen-bond acceptors (Lipinski definition) is 2. The first-order valence-electron chi connectivity index (χ1n) is 9.41. The summed E-state index contributed by atoms with van der Waals surface area (Å²) in [6, 6.07) is 21.3. The van der Waals surface area contributed by atoms with Gasteiger partial charge in [0.2, 0.25) is 0 Å². The molecule has 25 heavy (non-hydrogen) atoms. The molecule has 0 radical (unpaired) electrons. The predicted molar refractivity (Wildman–Crippen MR) is 98.9 cm³/mol. The zero-order valence-electron chi connectivity index (χ0n) is 15.1. The maximum Gasteiger partial charge on any atom is 0.174 e. The van der Waals surface area contributed by atoms with Crippen LogP contribution in [0.4, 0.5) is 0 Å². The standard InChI is InChI=1S/C22H28NO2/c1-23(17-19-9-4-2-5-10-19)15-8-13-22(14-16-23)24-18-21(25-22)20-11-6-3-7-12-20/h2-7,9-12,21H,8,13-18H2,1H3/q+1/t21-,22?,23?/m0/s1. The first kappa shape index (κ1) is 16.8. The number of rotatable bonds is 3. The maximum atomic E-state index is 6.47. The van der Waals surface area contributed by atoms with Crippen molar-refractivity contribution in [3.05, 3.63) is 71.8 Å². The molecule has 0 amide bonds. The molecule has 2 saturated heterocycles. The zero-order valence-corrected chi connectivity index (χ0v) is 15.1. The summed E-state index contributed by atoms with van der Waals surface area (Å²) >= 11 is 0. The topological polar surface area (TPSA) is 18.5 Å². The number of ether oxygens (including phenoxy) is 2. The van der Waals surface area contributed by atoms with Gasteiger partial charge in [0.15, 0.2) is 5.79 Å². The Bertz CT molecular complexity index is 690. The summed E-state index contributed by atoms with van der Waals surface area (Å²) in [4.78, 5) is 0. The molecule has 0 N–H and O–H groups in total. The van der Waals surface area contributed by atoms with Crippen LogP contribution in [0.3, 0.4) is 0 Å². The molecule has 2 aliphatic heterocycles. The lowest BCUT2D eigenvalue weighted by atomic mass is 10.1. The minimum absolute atomic E-state index is 0.0761. The predicted octanol–water partition coefficient (Wildman–Crippen LogP) is 4.30. The molecule has 2 aliphatic rings. The van der Waals surface area contributed by atoms with Crippen molar-refractivity contribution in [1.82, 2.24) is 0 Å². The Balaban J connectivity index is 1.43. The van der Waals surface area contributed by atoms with Gasteiger partial charge in [-0.25, -0.2) is 0 Å². The molecule has 3 nitrogen and oxygen atoms in total. The van der Waals surface area contributed by atoms with Gasteiger partial charge in [0.1, 0.15) is 12.6 Å². The first-order chi connectivity index (χ1) is 12.2. The van der Waals surface area contributed by atoms with Gasteiger partial charge in [0, 0.05) is 18.4 Å². The first-order valence-corrected chi connectivity index (χ1v) is 9.41. The summed E-state index contributed by atoms with van der Waals surface area (Å²) in [5.41, 5.74) is 2.64. The number of benzene rings is 2. The van der Waals surface area contributed by atoms with Gasteiger partial charge in [-0.1, -0.05) is 60.7 Å². The molecule has 1 spiro atoms. The van der Waals surface area contributed by atoms with Crippen molar-refractivity contribution in [3.8, 4) is 0 Å². The quantitative estimate of drug-likeness (QED) is 0.777. The third kappa shape index (κ3) is 3.79. The Hall–Kier alpha value is -1.68. The molecule has 2 heterocycles. The van der Waals surface area contributed by atoms with E-state index in [1.54, 1.807) is 0 Å².